The Morgan fingerprint density at radius 2 is 1.34 bits per heavy atom. The highest BCUT2D eigenvalue weighted by atomic mass is 16.5. The average Bonchev–Trinajstić information content (AvgIpc) is 3.29. The van der Waals surface area contributed by atoms with Crippen LogP contribution in [0, 0.1) is 23.3 Å². The van der Waals surface area contributed by atoms with Gasteiger partial charge in [-0.05, 0) is 118 Å². The fourth-order valence-electron chi connectivity index (χ4n) is 7.03. The van der Waals surface area contributed by atoms with Crippen LogP contribution >= 0.6 is 0 Å². The van der Waals surface area contributed by atoms with Gasteiger partial charge >= 0.3 is 6.09 Å². The molecule has 6 rings (SSSR count). The number of hydrogen-bond donors (Lipinski definition) is 1. The molecule has 0 bridgehead atoms. The maximum atomic E-state index is 12.6. The van der Waals surface area contributed by atoms with E-state index in [1.165, 1.54) is 12.2 Å². The molecular weight excluding hydrogens is 777 g/mol. The zero-order chi connectivity index (χ0) is 43.7. The fourth-order valence-corrected chi connectivity index (χ4v) is 7.03. The number of ether oxygens (including phenoxy) is 1. The molecule has 0 saturated heterocycles. The lowest BCUT2D eigenvalue weighted by atomic mass is 9.74. The van der Waals surface area contributed by atoms with Crippen molar-refractivity contribution in [2.45, 2.75) is 52.9 Å². The summed E-state index contributed by atoms with van der Waals surface area (Å²) in [7, 11) is 0. The number of hydrogen-bond acceptors (Lipinski definition) is 10. The van der Waals surface area contributed by atoms with Gasteiger partial charge in [-0.2, -0.15) is 10.2 Å². The molecule has 0 saturated carbocycles. The number of rotatable bonds is 15. The van der Waals surface area contributed by atoms with Crippen LogP contribution in [0.4, 0.5) is 33.2 Å². The third-order valence-corrected chi connectivity index (χ3v) is 9.79. The lowest BCUT2D eigenvalue weighted by molar-refractivity contribution is 0.139. The number of carbonyl (C=O) groups is 1. The first-order valence-corrected chi connectivity index (χ1v) is 19.7. The van der Waals surface area contributed by atoms with Crippen molar-refractivity contribution in [3.05, 3.63) is 190 Å². The third-order valence-electron chi connectivity index (χ3n) is 9.79. The summed E-state index contributed by atoms with van der Waals surface area (Å²) in [5, 5.41) is 21.1. The first-order valence-electron chi connectivity index (χ1n) is 19.7. The molecule has 306 valence electrons. The molecule has 0 unspecified atom stereocenters. The van der Waals surface area contributed by atoms with Gasteiger partial charge in [-0.25, -0.2) is 34.5 Å². The molecule has 0 aromatic heterocycles. The van der Waals surface area contributed by atoms with Gasteiger partial charge in [-0.3, -0.25) is 0 Å². The van der Waals surface area contributed by atoms with Crippen molar-refractivity contribution in [2.75, 3.05) is 4.90 Å². The Morgan fingerprint density at radius 1 is 0.774 bits per heavy atom. The molecule has 12 nitrogen and oxygen atoms in total. The molecule has 0 fully saturated rings. The molecule has 0 heterocycles. The number of amides is 1. The largest absolute Gasteiger partial charge is 0.445 e. The van der Waals surface area contributed by atoms with Gasteiger partial charge in [-0.1, -0.05) is 92.7 Å². The Kier molecular flexibility index (Phi) is 14.8. The summed E-state index contributed by atoms with van der Waals surface area (Å²) in [6.45, 7) is 12.1. The number of benzene rings is 5. The van der Waals surface area contributed by atoms with Gasteiger partial charge in [0.15, 0.2) is 0 Å². The average molecular weight is 819 g/mol. The van der Waals surface area contributed by atoms with Crippen molar-refractivity contribution >= 4 is 52.8 Å². The van der Waals surface area contributed by atoms with Crippen molar-refractivity contribution in [3.63, 3.8) is 0 Å². The van der Waals surface area contributed by atoms with E-state index in [9.17, 15) is 19.6 Å². The number of nitrogens with zero attached hydrogens (tertiary/aromatic N) is 7. The maximum absolute atomic E-state index is 12.6. The Morgan fingerprint density at radius 3 is 1.92 bits per heavy atom. The number of alkyl carbamates (subject to hydrolysis) is 1. The quantitative estimate of drug-likeness (QED) is 0.0365. The standard InChI is InChI=1S/C50H42N8O4/c1-50(2)27-38(26-42(28-50)48(29-51)52-3)10-9-36-11-15-43(16-12-36)56-57-44-17-21-47(22-18-44)58(45-7-5-4-6-8-45)46-19-13-37(14-20-46)33-62-49(61)55-32-41-24-39(30-53-34-59)23-40(25-41)31-54-35-60/h4-26H,27-28,30-33H2,1-2H3,(H,55,61). The smallest absolute Gasteiger partial charge is 0.407 e. The van der Waals surface area contributed by atoms with Crippen molar-refractivity contribution < 1.29 is 19.1 Å². The molecular formula is C50H42N8O4. The van der Waals surface area contributed by atoms with Gasteiger partial charge in [0, 0.05) is 23.6 Å². The molecule has 12 heteroatoms. The highest BCUT2D eigenvalue weighted by Gasteiger charge is 2.26. The van der Waals surface area contributed by atoms with E-state index in [2.05, 4.69) is 55.2 Å². The van der Waals surface area contributed by atoms with Gasteiger partial charge in [0.05, 0.1) is 37.1 Å². The number of para-hydroxylation sites is 1. The van der Waals surface area contributed by atoms with Crippen LogP contribution in [0.2, 0.25) is 0 Å². The minimum Gasteiger partial charge on any atom is -0.445 e. The van der Waals surface area contributed by atoms with Gasteiger partial charge in [0.1, 0.15) is 6.61 Å². The van der Waals surface area contributed by atoms with Gasteiger partial charge < -0.3 is 15.0 Å². The van der Waals surface area contributed by atoms with E-state index < -0.39 is 6.09 Å². The maximum Gasteiger partial charge on any atom is 0.407 e. The van der Waals surface area contributed by atoms with Crippen LogP contribution in [0.1, 0.15) is 54.5 Å². The SMILES string of the molecule is [C-]#[N+]C(C#N)=C1C=C(C=Cc2ccc(N=Nc3ccc(N(c4ccccc4)c4ccc(COC(=O)NCc5cc(CN=C=O)cc(CN=C=O)c5)cc4)cc3)cc2)CC(C)(C)C1. The number of allylic oxidation sites excluding steroid dienone is 5. The van der Waals surface area contributed by atoms with E-state index in [1.54, 1.807) is 18.2 Å². The second kappa shape index (κ2) is 21.1. The van der Waals surface area contributed by atoms with Crippen molar-refractivity contribution in [2.24, 2.45) is 25.6 Å². The number of carbonyl (C=O) groups excluding carboxylic acids is 3. The lowest BCUT2D eigenvalue weighted by Crippen LogP contribution is -2.23. The van der Waals surface area contributed by atoms with Crippen LogP contribution in [0.15, 0.2) is 171 Å². The molecule has 62 heavy (non-hydrogen) atoms. The summed E-state index contributed by atoms with van der Waals surface area (Å²) in [6.07, 6.45) is 10.0. The van der Waals surface area contributed by atoms with Gasteiger partial charge in [-0.15, -0.1) is 0 Å². The summed E-state index contributed by atoms with van der Waals surface area (Å²) in [5.41, 5.74) is 10.1. The van der Waals surface area contributed by atoms with Crippen LogP contribution < -0.4 is 10.2 Å². The molecule has 0 spiro atoms. The van der Waals surface area contributed by atoms with Gasteiger partial charge in [0.2, 0.25) is 12.2 Å². The van der Waals surface area contributed by atoms with E-state index in [0.29, 0.717) is 28.9 Å². The van der Waals surface area contributed by atoms with Crippen LogP contribution in [-0.4, -0.2) is 18.3 Å². The summed E-state index contributed by atoms with van der Waals surface area (Å²) in [4.78, 5) is 46.6. The Balaban J connectivity index is 1.07. The topological polar surface area (TPSA) is 153 Å². The van der Waals surface area contributed by atoms with Crippen molar-refractivity contribution in [3.8, 4) is 6.07 Å². The van der Waals surface area contributed by atoms with Crippen LogP contribution in [0.25, 0.3) is 10.9 Å². The number of azo groups is 1. The number of aliphatic imine (C=N–C) groups is 2. The predicted molar refractivity (Wildman–Crippen MR) is 238 cm³/mol. The molecule has 1 aliphatic carbocycles. The first kappa shape index (κ1) is 43.3. The summed E-state index contributed by atoms with van der Waals surface area (Å²) >= 11 is 0. The highest BCUT2D eigenvalue weighted by molar-refractivity contribution is 5.77. The van der Waals surface area contributed by atoms with E-state index in [0.717, 1.165) is 51.3 Å². The lowest BCUT2D eigenvalue weighted by Gasteiger charge is -2.30. The fraction of sp³-hybridized carbons (Fsp3) is 0.180. The second-order valence-electron chi connectivity index (χ2n) is 15.2. The van der Waals surface area contributed by atoms with Crippen molar-refractivity contribution in [1.29, 1.82) is 5.26 Å². The number of isocyanates is 2. The number of nitrogens with one attached hydrogen (secondary N) is 1. The normalized spacial score (nSPS) is 13.8. The molecule has 0 radical (unpaired) electrons. The van der Waals surface area contributed by atoms with Gasteiger partial charge in [0.25, 0.3) is 5.70 Å². The second-order valence-corrected chi connectivity index (χ2v) is 15.2. The van der Waals surface area contributed by atoms with E-state index in [-0.39, 0.29) is 37.4 Å². The molecule has 5 aromatic carbocycles. The van der Waals surface area contributed by atoms with E-state index in [4.69, 9.17) is 11.3 Å². The Labute approximate surface area is 360 Å². The van der Waals surface area contributed by atoms with Crippen molar-refractivity contribution in [1.82, 2.24) is 5.32 Å². The monoisotopic (exact) mass is 818 g/mol. The van der Waals surface area contributed by atoms with Crippen LogP contribution in [0.3, 0.4) is 0 Å². The zero-order valence-corrected chi connectivity index (χ0v) is 34.3. The molecule has 0 aliphatic heterocycles. The number of nitriles is 1. The third kappa shape index (κ3) is 12.4. The molecule has 1 aliphatic rings. The zero-order valence-electron chi connectivity index (χ0n) is 34.3. The Bertz CT molecular complexity index is 2640. The highest BCUT2D eigenvalue weighted by Crippen LogP contribution is 2.40. The molecule has 5 aromatic rings. The Hall–Kier alpha value is -8.27. The minimum absolute atomic E-state index is 0.0403. The first-order chi connectivity index (χ1) is 30.1. The molecule has 1 amide bonds. The summed E-state index contributed by atoms with van der Waals surface area (Å²) < 4.78 is 5.50. The van der Waals surface area contributed by atoms with E-state index >= 15 is 0 Å². The van der Waals surface area contributed by atoms with E-state index in [1.807, 2.05) is 121 Å². The van der Waals surface area contributed by atoms with Crippen LogP contribution in [-0.2, 0) is 40.6 Å². The van der Waals surface area contributed by atoms with Crippen LogP contribution in [0.5, 0.6) is 0 Å². The summed E-state index contributed by atoms with van der Waals surface area (Å²) in [5.74, 6) is 0. The molecule has 1 N–H and O–H groups in total. The predicted octanol–water partition coefficient (Wildman–Crippen LogP) is 12.1. The summed E-state index contributed by atoms with van der Waals surface area (Å²) in [6, 6.07) is 40.7. The minimum atomic E-state index is -0.606. The molecule has 0 atom stereocenters. The number of anilines is 3.